The molecular formula is C6H6F4O3. The number of carbonyl (C=O) groups is 2. The zero-order valence-electron chi connectivity index (χ0n) is 6.52. The van der Waals surface area contributed by atoms with Crippen LogP contribution in [0, 0.1) is 0 Å². The van der Waals surface area contributed by atoms with E-state index in [1.807, 2.05) is 0 Å². The van der Waals surface area contributed by atoms with Crippen molar-refractivity contribution in [3.63, 3.8) is 0 Å². The van der Waals surface area contributed by atoms with E-state index >= 15 is 0 Å². The average molecular weight is 202 g/mol. The molecule has 0 N–H and O–H groups in total. The quantitative estimate of drug-likeness (QED) is 0.386. The molecule has 0 rings (SSSR count). The third-order valence-electron chi connectivity index (χ3n) is 0.997. The highest BCUT2D eigenvalue weighted by Crippen LogP contribution is 2.23. The van der Waals surface area contributed by atoms with Crippen LogP contribution in [-0.4, -0.2) is 24.3 Å². The molecule has 76 valence electrons. The number of rotatable bonds is 2. The van der Waals surface area contributed by atoms with Crippen molar-refractivity contribution in [1.82, 2.24) is 0 Å². The van der Waals surface area contributed by atoms with Gasteiger partial charge in [-0.15, -0.1) is 0 Å². The van der Waals surface area contributed by atoms with E-state index in [0.717, 1.165) is 0 Å². The van der Waals surface area contributed by atoms with Crippen LogP contribution < -0.4 is 0 Å². The maximum atomic E-state index is 12.0. The van der Waals surface area contributed by atoms with Gasteiger partial charge < -0.3 is 4.74 Å². The summed E-state index contributed by atoms with van der Waals surface area (Å²) in [5, 5.41) is 0. The molecular weight excluding hydrogens is 196 g/mol. The second kappa shape index (κ2) is 4.20. The van der Waals surface area contributed by atoms with Crippen LogP contribution >= 0.6 is 0 Å². The lowest BCUT2D eigenvalue weighted by Crippen LogP contribution is -2.35. The van der Waals surface area contributed by atoms with Crippen LogP contribution in [0.1, 0.15) is 13.3 Å². The summed E-state index contributed by atoms with van der Waals surface area (Å²) in [7, 11) is 0. The van der Waals surface area contributed by atoms with Gasteiger partial charge in [0.15, 0.2) is 0 Å². The molecule has 0 aliphatic heterocycles. The zero-order chi connectivity index (χ0) is 10.6. The molecule has 0 radical (unpaired) electrons. The van der Waals surface area contributed by atoms with Gasteiger partial charge in [-0.25, -0.2) is 9.18 Å². The molecule has 0 fully saturated rings. The molecule has 0 aliphatic carbocycles. The Morgan fingerprint density at radius 3 is 2.15 bits per heavy atom. The van der Waals surface area contributed by atoms with Crippen molar-refractivity contribution in [2.45, 2.75) is 25.7 Å². The van der Waals surface area contributed by atoms with Crippen LogP contribution in [-0.2, 0) is 14.3 Å². The van der Waals surface area contributed by atoms with E-state index in [9.17, 15) is 27.2 Å². The highest BCUT2D eigenvalue weighted by Gasteiger charge is 2.47. The monoisotopic (exact) mass is 202 g/mol. The zero-order valence-corrected chi connectivity index (χ0v) is 6.52. The lowest BCUT2D eigenvalue weighted by molar-refractivity contribution is -0.201. The van der Waals surface area contributed by atoms with Crippen LogP contribution in [0.15, 0.2) is 0 Å². The Bertz CT molecular complexity index is 210. The fourth-order valence-corrected chi connectivity index (χ4v) is 0.370. The van der Waals surface area contributed by atoms with Gasteiger partial charge in [0, 0.05) is 6.42 Å². The van der Waals surface area contributed by atoms with Crippen molar-refractivity contribution in [3.05, 3.63) is 0 Å². The standard InChI is InChI=1S/C6H6F4O3/c1-2-3(11)13-5(12)4(7)6(8,9)10/h4H,2H2,1H3. The number of ether oxygens (including phenoxy) is 1. The fraction of sp³-hybridized carbons (Fsp3) is 0.667. The topological polar surface area (TPSA) is 43.4 Å². The minimum Gasteiger partial charge on any atom is -0.391 e. The van der Waals surface area contributed by atoms with Gasteiger partial charge in [-0.3, -0.25) is 4.79 Å². The first-order valence-corrected chi connectivity index (χ1v) is 3.24. The molecule has 0 aromatic carbocycles. The maximum absolute atomic E-state index is 12.0. The molecule has 1 atom stereocenters. The fourth-order valence-electron chi connectivity index (χ4n) is 0.370. The summed E-state index contributed by atoms with van der Waals surface area (Å²) in [5.41, 5.74) is 0. The Kier molecular flexibility index (Phi) is 3.83. The van der Waals surface area contributed by atoms with Gasteiger partial charge in [-0.1, -0.05) is 6.92 Å². The Hall–Kier alpha value is -1.14. The highest BCUT2D eigenvalue weighted by molar-refractivity contribution is 5.88. The molecule has 0 amide bonds. The molecule has 7 heteroatoms. The highest BCUT2D eigenvalue weighted by atomic mass is 19.4. The summed E-state index contributed by atoms with van der Waals surface area (Å²) in [6, 6.07) is 0. The Labute approximate surface area is 70.7 Å². The maximum Gasteiger partial charge on any atom is 0.430 e. The van der Waals surface area contributed by atoms with Gasteiger partial charge in [0.05, 0.1) is 0 Å². The molecule has 0 saturated carbocycles. The summed E-state index contributed by atoms with van der Waals surface area (Å²) in [6.45, 7) is 1.26. The molecule has 0 heterocycles. The molecule has 0 aromatic rings. The van der Waals surface area contributed by atoms with Crippen LogP contribution in [0.25, 0.3) is 0 Å². The normalized spacial score (nSPS) is 13.6. The average Bonchev–Trinajstić information content (AvgIpc) is 2.01. The van der Waals surface area contributed by atoms with Crippen molar-refractivity contribution in [3.8, 4) is 0 Å². The van der Waals surface area contributed by atoms with Crippen molar-refractivity contribution < 1.29 is 31.9 Å². The van der Waals surface area contributed by atoms with E-state index in [1.165, 1.54) is 6.92 Å². The van der Waals surface area contributed by atoms with E-state index in [2.05, 4.69) is 4.74 Å². The Morgan fingerprint density at radius 2 is 1.85 bits per heavy atom. The van der Waals surface area contributed by atoms with E-state index in [-0.39, 0.29) is 6.42 Å². The largest absolute Gasteiger partial charge is 0.430 e. The lowest BCUT2D eigenvalue weighted by Gasteiger charge is -2.09. The minimum atomic E-state index is -5.33. The van der Waals surface area contributed by atoms with Gasteiger partial charge in [-0.2, -0.15) is 13.2 Å². The number of esters is 2. The molecule has 0 spiro atoms. The third-order valence-corrected chi connectivity index (χ3v) is 0.997. The summed E-state index contributed by atoms with van der Waals surface area (Å²) >= 11 is 0. The summed E-state index contributed by atoms with van der Waals surface area (Å²) in [4.78, 5) is 20.5. The number of halogens is 4. The summed E-state index contributed by atoms with van der Waals surface area (Å²) in [6.07, 6.45) is -9.38. The first-order valence-electron chi connectivity index (χ1n) is 3.24. The summed E-state index contributed by atoms with van der Waals surface area (Å²) < 4.78 is 50.0. The van der Waals surface area contributed by atoms with Gasteiger partial charge in [0.25, 0.3) is 6.17 Å². The van der Waals surface area contributed by atoms with Crippen LogP contribution in [0.4, 0.5) is 17.6 Å². The van der Waals surface area contributed by atoms with Crippen LogP contribution in [0.5, 0.6) is 0 Å². The molecule has 13 heavy (non-hydrogen) atoms. The molecule has 0 aliphatic rings. The van der Waals surface area contributed by atoms with Crippen molar-refractivity contribution in [2.75, 3.05) is 0 Å². The number of alkyl halides is 4. The van der Waals surface area contributed by atoms with Crippen molar-refractivity contribution in [1.29, 1.82) is 0 Å². The van der Waals surface area contributed by atoms with Gasteiger partial charge in [-0.05, 0) is 0 Å². The predicted octanol–water partition coefficient (Wildman–Crippen LogP) is 1.37. The Balaban J connectivity index is 4.20. The molecule has 0 bridgehead atoms. The molecule has 3 nitrogen and oxygen atoms in total. The second-order valence-electron chi connectivity index (χ2n) is 2.05. The smallest absolute Gasteiger partial charge is 0.391 e. The van der Waals surface area contributed by atoms with Crippen LogP contribution in [0.2, 0.25) is 0 Å². The number of hydrogen-bond acceptors (Lipinski definition) is 3. The van der Waals surface area contributed by atoms with E-state index in [1.54, 1.807) is 0 Å². The summed E-state index contributed by atoms with van der Waals surface area (Å²) in [5.74, 6) is -3.42. The van der Waals surface area contributed by atoms with Gasteiger partial charge in [0.1, 0.15) is 0 Å². The predicted molar refractivity (Wildman–Crippen MR) is 32.3 cm³/mol. The van der Waals surface area contributed by atoms with Crippen molar-refractivity contribution in [2.24, 2.45) is 0 Å². The van der Waals surface area contributed by atoms with E-state index < -0.39 is 24.3 Å². The first-order chi connectivity index (χ1) is 5.79. The molecule has 0 aromatic heterocycles. The lowest BCUT2D eigenvalue weighted by atomic mass is 10.4. The van der Waals surface area contributed by atoms with Gasteiger partial charge >= 0.3 is 18.1 Å². The van der Waals surface area contributed by atoms with E-state index in [4.69, 9.17) is 0 Å². The SMILES string of the molecule is CCC(=O)OC(=O)C(F)C(F)(F)F. The molecule has 1 unspecified atom stereocenters. The van der Waals surface area contributed by atoms with E-state index in [0.29, 0.717) is 0 Å². The molecule has 0 saturated heterocycles. The van der Waals surface area contributed by atoms with Crippen LogP contribution in [0.3, 0.4) is 0 Å². The third kappa shape index (κ3) is 3.86. The second-order valence-corrected chi connectivity index (χ2v) is 2.05. The van der Waals surface area contributed by atoms with Crippen molar-refractivity contribution >= 4 is 11.9 Å². The first kappa shape index (κ1) is 11.9. The number of carbonyl (C=O) groups excluding carboxylic acids is 2. The number of hydrogen-bond donors (Lipinski definition) is 0. The minimum absolute atomic E-state index is 0.295. The Morgan fingerprint density at radius 1 is 1.38 bits per heavy atom. The van der Waals surface area contributed by atoms with Gasteiger partial charge in [0.2, 0.25) is 0 Å².